The molecule has 0 spiro atoms. The fourth-order valence-corrected chi connectivity index (χ4v) is 3.11. The second-order valence-electron chi connectivity index (χ2n) is 5.45. The van der Waals surface area contributed by atoms with Crippen molar-refractivity contribution in [3.8, 4) is 0 Å². The van der Waals surface area contributed by atoms with Gasteiger partial charge in [-0.05, 0) is 30.9 Å². The van der Waals surface area contributed by atoms with E-state index in [2.05, 4.69) is 66.6 Å². The van der Waals surface area contributed by atoms with Crippen LogP contribution >= 0.6 is 11.3 Å². The third kappa shape index (κ3) is 4.17. The van der Waals surface area contributed by atoms with Crippen molar-refractivity contribution >= 4 is 11.3 Å². The molecule has 0 radical (unpaired) electrons. The molecule has 1 aromatic heterocycles. The lowest BCUT2D eigenvalue weighted by Gasteiger charge is -2.30. The molecule has 0 aliphatic heterocycles. The normalized spacial score (nSPS) is 13.1. The molecule has 0 fully saturated rings. The Balaban J connectivity index is 2.06. The van der Waals surface area contributed by atoms with Crippen LogP contribution in [0.5, 0.6) is 0 Å². The van der Waals surface area contributed by atoms with E-state index in [1.165, 1.54) is 10.4 Å². The summed E-state index contributed by atoms with van der Waals surface area (Å²) in [6.45, 7) is 7.23. The maximum atomic E-state index is 6.00. The van der Waals surface area contributed by atoms with E-state index in [1.54, 1.807) is 0 Å². The molecule has 2 aromatic rings. The number of nitrogens with two attached hydrogens (primary N) is 1. The zero-order valence-corrected chi connectivity index (χ0v) is 13.1. The van der Waals surface area contributed by atoms with Crippen molar-refractivity contribution in [2.75, 3.05) is 13.1 Å². The molecule has 0 saturated heterocycles. The van der Waals surface area contributed by atoms with E-state index in [0.29, 0.717) is 18.5 Å². The summed E-state index contributed by atoms with van der Waals surface area (Å²) in [4.78, 5) is 3.93. The summed E-state index contributed by atoms with van der Waals surface area (Å²) in [6.07, 6.45) is 0. The molecule has 108 valence electrons. The first-order valence-corrected chi connectivity index (χ1v) is 8.10. The Bertz CT molecular complexity index is 479. The van der Waals surface area contributed by atoms with Crippen LogP contribution in [0.4, 0.5) is 0 Å². The monoisotopic (exact) mass is 288 g/mol. The van der Waals surface area contributed by atoms with Crippen LogP contribution in [-0.4, -0.2) is 24.0 Å². The molecule has 1 aromatic carbocycles. The molecule has 1 heterocycles. The molecule has 1 atom stereocenters. The molecule has 3 heteroatoms. The van der Waals surface area contributed by atoms with E-state index in [-0.39, 0.29) is 0 Å². The number of hydrogen-bond donors (Lipinski definition) is 1. The Morgan fingerprint density at radius 1 is 1.10 bits per heavy atom. The molecule has 0 saturated carbocycles. The van der Waals surface area contributed by atoms with Crippen LogP contribution in [0.1, 0.15) is 30.2 Å². The lowest BCUT2D eigenvalue weighted by Crippen LogP contribution is -2.36. The van der Waals surface area contributed by atoms with Crippen molar-refractivity contribution in [1.29, 1.82) is 0 Å². The molecule has 0 amide bonds. The average molecular weight is 288 g/mol. The van der Waals surface area contributed by atoms with Gasteiger partial charge in [-0.1, -0.05) is 36.4 Å². The van der Waals surface area contributed by atoms with Gasteiger partial charge in [0.05, 0.1) is 0 Å². The van der Waals surface area contributed by atoms with Gasteiger partial charge in [-0.3, -0.25) is 4.90 Å². The molecule has 2 rings (SSSR count). The van der Waals surface area contributed by atoms with Gasteiger partial charge in [-0.2, -0.15) is 0 Å². The van der Waals surface area contributed by atoms with Crippen molar-refractivity contribution in [3.05, 3.63) is 58.3 Å². The van der Waals surface area contributed by atoms with Crippen LogP contribution in [0.25, 0.3) is 0 Å². The molecule has 1 unspecified atom stereocenters. The molecule has 0 aliphatic carbocycles. The van der Waals surface area contributed by atoms with Crippen LogP contribution in [0.2, 0.25) is 0 Å². The van der Waals surface area contributed by atoms with Crippen molar-refractivity contribution in [1.82, 2.24) is 4.90 Å². The summed E-state index contributed by atoms with van der Waals surface area (Å²) in [5.74, 6) is 0.401. The quantitative estimate of drug-likeness (QED) is 0.841. The van der Waals surface area contributed by atoms with Crippen LogP contribution in [0.15, 0.2) is 47.8 Å². The number of benzene rings is 1. The highest BCUT2D eigenvalue weighted by molar-refractivity contribution is 7.09. The Kier molecular flexibility index (Phi) is 5.77. The minimum atomic E-state index is 0.401. The predicted octanol–water partition coefficient (Wildman–Crippen LogP) is 3.70. The second-order valence-corrected chi connectivity index (χ2v) is 6.48. The third-order valence-corrected chi connectivity index (χ3v) is 4.54. The Morgan fingerprint density at radius 3 is 2.40 bits per heavy atom. The maximum Gasteiger partial charge on any atom is 0.0330 e. The van der Waals surface area contributed by atoms with Gasteiger partial charge in [0.15, 0.2) is 0 Å². The Hall–Kier alpha value is -1.16. The topological polar surface area (TPSA) is 29.3 Å². The fourth-order valence-electron chi connectivity index (χ4n) is 2.38. The van der Waals surface area contributed by atoms with Crippen molar-refractivity contribution in [3.63, 3.8) is 0 Å². The first-order valence-electron chi connectivity index (χ1n) is 7.22. The molecule has 2 N–H and O–H groups in total. The maximum absolute atomic E-state index is 6.00. The summed E-state index contributed by atoms with van der Waals surface area (Å²) in [5, 5.41) is 2.14. The highest BCUT2D eigenvalue weighted by Gasteiger charge is 2.17. The van der Waals surface area contributed by atoms with Gasteiger partial charge in [0.25, 0.3) is 0 Å². The number of hydrogen-bond acceptors (Lipinski definition) is 3. The standard InChI is InChI=1S/C17H24N2S/c1-14(2)19(13-17-9-6-10-20-17)12-16(11-18)15-7-4-3-5-8-15/h3-10,14,16H,11-13,18H2,1-2H3. The van der Waals surface area contributed by atoms with E-state index in [4.69, 9.17) is 5.73 Å². The molecule has 0 bridgehead atoms. The van der Waals surface area contributed by atoms with E-state index < -0.39 is 0 Å². The molecular weight excluding hydrogens is 264 g/mol. The summed E-state index contributed by atoms with van der Waals surface area (Å²) >= 11 is 1.83. The Labute approximate surface area is 126 Å². The zero-order valence-electron chi connectivity index (χ0n) is 12.3. The van der Waals surface area contributed by atoms with Gasteiger partial charge in [0.2, 0.25) is 0 Å². The van der Waals surface area contributed by atoms with Crippen LogP contribution < -0.4 is 5.73 Å². The van der Waals surface area contributed by atoms with Crippen molar-refractivity contribution < 1.29 is 0 Å². The summed E-state index contributed by atoms with van der Waals surface area (Å²) in [5.41, 5.74) is 7.34. The fraction of sp³-hybridized carbons (Fsp3) is 0.412. The minimum absolute atomic E-state index is 0.401. The minimum Gasteiger partial charge on any atom is -0.330 e. The molecule has 20 heavy (non-hydrogen) atoms. The first-order chi connectivity index (χ1) is 9.70. The van der Waals surface area contributed by atoms with Gasteiger partial charge in [-0.15, -0.1) is 11.3 Å². The molecule has 2 nitrogen and oxygen atoms in total. The van der Waals surface area contributed by atoms with Crippen molar-refractivity contribution in [2.24, 2.45) is 5.73 Å². The van der Waals surface area contributed by atoms with Gasteiger partial charge < -0.3 is 5.73 Å². The highest BCUT2D eigenvalue weighted by atomic mass is 32.1. The Morgan fingerprint density at radius 2 is 1.85 bits per heavy atom. The van der Waals surface area contributed by atoms with Gasteiger partial charge in [0, 0.05) is 36.5 Å². The van der Waals surface area contributed by atoms with Gasteiger partial charge in [0.1, 0.15) is 0 Å². The largest absolute Gasteiger partial charge is 0.330 e. The first kappa shape index (κ1) is 15.2. The summed E-state index contributed by atoms with van der Waals surface area (Å²) in [6, 6.07) is 15.5. The van der Waals surface area contributed by atoms with Gasteiger partial charge in [-0.25, -0.2) is 0 Å². The van der Waals surface area contributed by atoms with Crippen LogP contribution in [0, 0.1) is 0 Å². The van der Waals surface area contributed by atoms with E-state index >= 15 is 0 Å². The number of thiophene rings is 1. The highest BCUT2D eigenvalue weighted by Crippen LogP contribution is 2.20. The van der Waals surface area contributed by atoms with E-state index in [9.17, 15) is 0 Å². The van der Waals surface area contributed by atoms with Crippen LogP contribution in [-0.2, 0) is 6.54 Å². The SMILES string of the molecule is CC(C)N(Cc1cccs1)CC(CN)c1ccccc1. The smallest absolute Gasteiger partial charge is 0.0330 e. The second kappa shape index (κ2) is 7.58. The molecular formula is C17H24N2S. The van der Waals surface area contributed by atoms with Gasteiger partial charge >= 0.3 is 0 Å². The van der Waals surface area contributed by atoms with E-state index in [0.717, 1.165) is 13.1 Å². The predicted molar refractivity (Wildman–Crippen MR) is 88.1 cm³/mol. The lowest BCUT2D eigenvalue weighted by atomic mass is 9.98. The van der Waals surface area contributed by atoms with Crippen molar-refractivity contribution in [2.45, 2.75) is 32.4 Å². The zero-order chi connectivity index (χ0) is 14.4. The summed E-state index contributed by atoms with van der Waals surface area (Å²) in [7, 11) is 0. The lowest BCUT2D eigenvalue weighted by molar-refractivity contribution is 0.202. The van der Waals surface area contributed by atoms with Crippen LogP contribution in [0.3, 0.4) is 0 Å². The molecule has 0 aliphatic rings. The third-order valence-electron chi connectivity index (χ3n) is 3.68. The summed E-state index contributed by atoms with van der Waals surface area (Å²) < 4.78 is 0. The van der Waals surface area contributed by atoms with E-state index in [1.807, 2.05) is 11.3 Å². The number of rotatable bonds is 7. The number of nitrogens with zero attached hydrogens (tertiary/aromatic N) is 1. The average Bonchev–Trinajstić information content (AvgIpc) is 2.97.